The molecule has 1 aromatic heterocycles. The zero-order valence-corrected chi connectivity index (χ0v) is 14.4. The molecule has 0 aliphatic rings. The fourth-order valence-corrected chi connectivity index (χ4v) is 3.11. The van der Waals surface area contributed by atoms with Crippen LogP contribution in [0, 0.1) is 25.2 Å². The molecule has 4 nitrogen and oxygen atoms in total. The minimum atomic E-state index is -0.265. The summed E-state index contributed by atoms with van der Waals surface area (Å²) in [7, 11) is 0. The Morgan fingerprint density at radius 1 is 1.08 bits per heavy atom. The average molecular weight is 335 g/mol. The number of nitriles is 1. The maximum absolute atomic E-state index is 9.40. The molecule has 0 amide bonds. The molecule has 0 N–H and O–H groups in total. The van der Waals surface area contributed by atoms with Crippen LogP contribution in [-0.2, 0) is 6.42 Å². The van der Waals surface area contributed by atoms with Crippen LogP contribution in [0.1, 0.15) is 16.7 Å². The predicted octanol–water partition coefficient (Wildman–Crippen LogP) is 4.58. The van der Waals surface area contributed by atoms with Gasteiger partial charge in [0.15, 0.2) is 0 Å². The van der Waals surface area contributed by atoms with Crippen molar-refractivity contribution in [1.29, 1.82) is 5.26 Å². The number of hydrogen-bond donors (Lipinski definition) is 0. The minimum absolute atomic E-state index is 0.265. The molecule has 0 saturated heterocycles. The molecule has 0 bridgehead atoms. The highest BCUT2D eigenvalue weighted by molar-refractivity contribution is 7.99. The fraction of sp³-hybridized carbons (Fsp3) is 0.211. The summed E-state index contributed by atoms with van der Waals surface area (Å²) in [5, 5.41) is 17.7. The Morgan fingerprint density at radius 3 is 2.58 bits per heavy atom. The molecular formula is C19H17N3OS. The smallest absolute Gasteiger partial charge is 0.278 e. The van der Waals surface area contributed by atoms with Gasteiger partial charge in [-0.2, -0.15) is 5.26 Å². The molecule has 2 aromatic carbocycles. The van der Waals surface area contributed by atoms with E-state index in [1.165, 1.54) is 17.3 Å². The second kappa shape index (κ2) is 7.33. The third-order valence-corrected chi connectivity index (χ3v) is 4.52. The van der Waals surface area contributed by atoms with E-state index in [2.05, 4.69) is 28.4 Å². The van der Waals surface area contributed by atoms with E-state index in [-0.39, 0.29) is 5.25 Å². The average Bonchev–Trinajstić information content (AvgIpc) is 3.05. The van der Waals surface area contributed by atoms with E-state index < -0.39 is 0 Å². The van der Waals surface area contributed by atoms with E-state index >= 15 is 0 Å². The lowest BCUT2D eigenvalue weighted by Gasteiger charge is -2.06. The Bertz CT molecular complexity index is 865. The lowest BCUT2D eigenvalue weighted by Crippen LogP contribution is -2.03. The van der Waals surface area contributed by atoms with Crippen LogP contribution < -0.4 is 0 Å². The van der Waals surface area contributed by atoms with Crippen LogP contribution in [0.2, 0.25) is 0 Å². The van der Waals surface area contributed by atoms with Crippen LogP contribution in [0.3, 0.4) is 0 Å². The van der Waals surface area contributed by atoms with Gasteiger partial charge in [0.05, 0.1) is 6.07 Å². The monoisotopic (exact) mass is 335 g/mol. The van der Waals surface area contributed by atoms with Gasteiger partial charge in [-0.15, -0.1) is 10.2 Å². The van der Waals surface area contributed by atoms with Crippen molar-refractivity contribution in [2.24, 2.45) is 0 Å². The standard InChI is InChI=1S/C19H17N3OS/c1-13-6-8-15(9-7-13)11-17(12-20)24-19-22-21-18(23-19)16-5-3-4-14(2)10-16/h3-10,17H,11H2,1-2H3/t17-/m0/s1. The van der Waals surface area contributed by atoms with Crippen LogP contribution in [0.4, 0.5) is 0 Å². The molecule has 0 saturated carbocycles. The number of nitrogens with zero attached hydrogens (tertiary/aromatic N) is 3. The molecule has 0 radical (unpaired) electrons. The SMILES string of the molecule is Cc1ccc(C[C@@H](C#N)Sc2nnc(-c3cccc(C)c3)o2)cc1. The van der Waals surface area contributed by atoms with Crippen molar-refractivity contribution in [3.63, 3.8) is 0 Å². The summed E-state index contributed by atoms with van der Waals surface area (Å²) in [6, 6.07) is 18.4. The lowest BCUT2D eigenvalue weighted by molar-refractivity contribution is 0.465. The third-order valence-electron chi connectivity index (χ3n) is 3.60. The Morgan fingerprint density at radius 2 is 1.88 bits per heavy atom. The van der Waals surface area contributed by atoms with Gasteiger partial charge >= 0.3 is 0 Å². The normalized spacial score (nSPS) is 11.9. The summed E-state index contributed by atoms with van der Waals surface area (Å²) < 4.78 is 5.70. The lowest BCUT2D eigenvalue weighted by atomic mass is 10.1. The second-order valence-corrected chi connectivity index (χ2v) is 6.82. The molecule has 0 aliphatic heterocycles. The molecular weight excluding hydrogens is 318 g/mol. The van der Waals surface area contributed by atoms with Crippen LogP contribution in [0.25, 0.3) is 11.5 Å². The maximum Gasteiger partial charge on any atom is 0.278 e. The largest absolute Gasteiger partial charge is 0.411 e. The quantitative estimate of drug-likeness (QED) is 0.639. The van der Waals surface area contributed by atoms with Gasteiger partial charge in [-0.1, -0.05) is 47.5 Å². The summed E-state index contributed by atoms with van der Waals surface area (Å²) in [5.41, 5.74) is 4.35. The zero-order valence-electron chi connectivity index (χ0n) is 13.6. The maximum atomic E-state index is 9.40. The number of hydrogen-bond acceptors (Lipinski definition) is 5. The van der Waals surface area contributed by atoms with Crippen molar-refractivity contribution in [2.45, 2.75) is 30.7 Å². The van der Waals surface area contributed by atoms with Gasteiger partial charge in [0, 0.05) is 5.56 Å². The molecule has 0 spiro atoms. The van der Waals surface area contributed by atoms with Gasteiger partial charge in [-0.25, -0.2) is 0 Å². The summed E-state index contributed by atoms with van der Waals surface area (Å²) in [5.74, 6) is 0.480. The molecule has 0 fully saturated rings. The molecule has 0 unspecified atom stereocenters. The van der Waals surface area contributed by atoms with E-state index in [4.69, 9.17) is 4.42 Å². The van der Waals surface area contributed by atoms with E-state index in [0.29, 0.717) is 17.5 Å². The first-order chi connectivity index (χ1) is 11.6. The van der Waals surface area contributed by atoms with Crippen molar-refractivity contribution < 1.29 is 4.42 Å². The van der Waals surface area contributed by atoms with Gasteiger partial charge in [0.2, 0.25) is 5.89 Å². The van der Waals surface area contributed by atoms with Gasteiger partial charge in [-0.05, 0) is 49.7 Å². The number of thioether (sulfide) groups is 1. The summed E-state index contributed by atoms with van der Waals surface area (Å²) >= 11 is 1.31. The summed E-state index contributed by atoms with van der Waals surface area (Å²) in [4.78, 5) is 0. The van der Waals surface area contributed by atoms with Gasteiger partial charge in [-0.3, -0.25) is 0 Å². The third kappa shape index (κ3) is 4.03. The van der Waals surface area contributed by atoms with Crippen molar-refractivity contribution in [1.82, 2.24) is 10.2 Å². The van der Waals surface area contributed by atoms with E-state index in [0.717, 1.165) is 16.7 Å². The molecule has 1 heterocycles. The highest BCUT2D eigenvalue weighted by Gasteiger charge is 2.16. The number of rotatable bonds is 5. The van der Waals surface area contributed by atoms with Crippen LogP contribution in [-0.4, -0.2) is 15.4 Å². The summed E-state index contributed by atoms with van der Waals surface area (Å²) in [6.07, 6.45) is 0.642. The summed E-state index contributed by atoms with van der Waals surface area (Å²) in [6.45, 7) is 4.06. The molecule has 3 rings (SSSR count). The number of aryl methyl sites for hydroxylation is 2. The Balaban J connectivity index is 1.70. The fourth-order valence-electron chi connectivity index (χ4n) is 2.33. The minimum Gasteiger partial charge on any atom is -0.411 e. The van der Waals surface area contributed by atoms with E-state index in [1.807, 2.05) is 50.2 Å². The van der Waals surface area contributed by atoms with Gasteiger partial charge < -0.3 is 4.42 Å². The molecule has 5 heteroatoms. The molecule has 24 heavy (non-hydrogen) atoms. The predicted molar refractivity (Wildman–Crippen MR) is 94.6 cm³/mol. The Hall–Kier alpha value is -2.58. The first-order valence-corrected chi connectivity index (χ1v) is 8.54. The molecule has 0 aliphatic carbocycles. The Labute approximate surface area is 145 Å². The van der Waals surface area contributed by atoms with Crippen molar-refractivity contribution in [2.75, 3.05) is 0 Å². The molecule has 1 atom stereocenters. The number of aromatic nitrogens is 2. The second-order valence-electron chi connectivity index (χ2n) is 5.67. The van der Waals surface area contributed by atoms with Crippen molar-refractivity contribution >= 4 is 11.8 Å². The zero-order chi connectivity index (χ0) is 16.9. The van der Waals surface area contributed by atoms with Crippen molar-refractivity contribution in [3.8, 4) is 17.5 Å². The first-order valence-electron chi connectivity index (χ1n) is 7.66. The highest BCUT2D eigenvalue weighted by Crippen LogP contribution is 2.28. The van der Waals surface area contributed by atoms with Crippen LogP contribution in [0.15, 0.2) is 58.2 Å². The molecule has 3 aromatic rings. The van der Waals surface area contributed by atoms with Crippen LogP contribution >= 0.6 is 11.8 Å². The number of benzene rings is 2. The van der Waals surface area contributed by atoms with Gasteiger partial charge in [0.1, 0.15) is 5.25 Å². The Kier molecular flexibility index (Phi) is 4.97. The first kappa shape index (κ1) is 16.3. The van der Waals surface area contributed by atoms with Crippen LogP contribution in [0.5, 0.6) is 0 Å². The van der Waals surface area contributed by atoms with Gasteiger partial charge in [0.25, 0.3) is 5.22 Å². The van der Waals surface area contributed by atoms with Crippen molar-refractivity contribution in [3.05, 3.63) is 65.2 Å². The van der Waals surface area contributed by atoms with E-state index in [9.17, 15) is 5.26 Å². The molecule has 120 valence electrons. The highest BCUT2D eigenvalue weighted by atomic mass is 32.2. The topological polar surface area (TPSA) is 62.7 Å². The van der Waals surface area contributed by atoms with E-state index in [1.54, 1.807) is 0 Å².